The highest BCUT2D eigenvalue weighted by Gasteiger charge is 2.15. The summed E-state index contributed by atoms with van der Waals surface area (Å²) in [4.78, 5) is 0. The third-order valence-corrected chi connectivity index (χ3v) is 4.37. The quantitative estimate of drug-likeness (QED) is 0.741. The molecule has 1 unspecified atom stereocenters. The van der Waals surface area contributed by atoms with E-state index in [9.17, 15) is 0 Å². The minimum Gasteiger partial charge on any atom is -0.327 e. The van der Waals surface area contributed by atoms with Crippen LogP contribution in [0, 0.1) is 6.92 Å². The monoisotopic (exact) mass is 315 g/mol. The molecule has 18 heavy (non-hydrogen) atoms. The molecule has 0 aromatic carbocycles. The van der Waals surface area contributed by atoms with Crippen LogP contribution in [0.2, 0.25) is 0 Å². The van der Waals surface area contributed by atoms with Crippen molar-refractivity contribution in [2.24, 2.45) is 5.73 Å². The van der Waals surface area contributed by atoms with E-state index in [2.05, 4.69) is 39.6 Å². The molecule has 1 aromatic rings. The molecular weight excluding hydrogens is 290 g/mol. The van der Waals surface area contributed by atoms with Crippen LogP contribution in [0.3, 0.4) is 0 Å². The fraction of sp³-hybridized carbons (Fsp3) is 0.786. The zero-order valence-corrected chi connectivity index (χ0v) is 13.5. The first kappa shape index (κ1) is 15.7. The highest BCUT2D eigenvalue weighted by Crippen LogP contribution is 2.22. The van der Waals surface area contributed by atoms with Gasteiger partial charge in [-0.15, -0.1) is 0 Å². The van der Waals surface area contributed by atoms with Gasteiger partial charge in [0.25, 0.3) is 0 Å². The Kier molecular flexibility index (Phi) is 6.94. The normalized spacial score (nSPS) is 12.9. The SMILES string of the molecule is CCCCCCC(N)Cc1c(Br)c(C)nn1CC. The average molecular weight is 316 g/mol. The zero-order chi connectivity index (χ0) is 13.5. The summed E-state index contributed by atoms with van der Waals surface area (Å²) >= 11 is 3.62. The van der Waals surface area contributed by atoms with Crippen LogP contribution in [0.25, 0.3) is 0 Å². The lowest BCUT2D eigenvalue weighted by molar-refractivity contribution is 0.520. The number of hydrogen-bond donors (Lipinski definition) is 1. The van der Waals surface area contributed by atoms with E-state index in [1.54, 1.807) is 0 Å². The lowest BCUT2D eigenvalue weighted by Gasteiger charge is -2.13. The molecule has 104 valence electrons. The number of nitrogens with zero attached hydrogens (tertiary/aromatic N) is 2. The van der Waals surface area contributed by atoms with E-state index in [1.165, 1.54) is 31.4 Å². The molecule has 0 saturated carbocycles. The van der Waals surface area contributed by atoms with Gasteiger partial charge in [-0.3, -0.25) is 4.68 Å². The van der Waals surface area contributed by atoms with E-state index in [4.69, 9.17) is 5.73 Å². The zero-order valence-electron chi connectivity index (χ0n) is 11.9. The van der Waals surface area contributed by atoms with E-state index < -0.39 is 0 Å². The molecule has 0 aliphatic heterocycles. The Balaban J connectivity index is 2.50. The number of nitrogens with two attached hydrogens (primary N) is 1. The molecule has 0 aliphatic carbocycles. The van der Waals surface area contributed by atoms with Crippen LogP contribution >= 0.6 is 15.9 Å². The molecule has 0 bridgehead atoms. The molecule has 1 rings (SSSR count). The molecule has 0 saturated heterocycles. The second kappa shape index (κ2) is 7.95. The van der Waals surface area contributed by atoms with Crippen molar-refractivity contribution in [3.8, 4) is 0 Å². The molecule has 0 radical (unpaired) electrons. The van der Waals surface area contributed by atoms with Gasteiger partial charge in [0.2, 0.25) is 0 Å². The molecule has 1 heterocycles. The van der Waals surface area contributed by atoms with Gasteiger partial charge >= 0.3 is 0 Å². The van der Waals surface area contributed by atoms with Crippen LogP contribution in [0.15, 0.2) is 4.47 Å². The summed E-state index contributed by atoms with van der Waals surface area (Å²) in [5, 5.41) is 4.51. The predicted octanol–water partition coefficient (Wildman–Crippen LogP) is 3.81. The second-order valence-electron chi connectivity index (χ2n) is 4.98. The van der Waals surface area contributed by atoms with E-state index in [-0.39, 0.29) is 6.04 Å². The molecule has 3 nitrogen and oxygen atoms in total. The van der Waals surface area contributed by atoms with Crippen LogP contribution in [0.1, 0.15) is 57.3 Å². The van der Waals surface area contributed by atoms with Crippen LogP contribution in [-0.2, 0) is 13.0 Å². The maximum Gasteiger partial charge on any atom is 0.0738 e. The predicted molar refractivity (Wildman–Crippen MR) is 80.8 cm³/mol. The molecule has 1 aromatic heterocycles. The van der Waals surface area contributed by atoms with Crippen LogP contribution in [0.5, 0.6) is 0 Å². The van der Waals surface area contributed by atoms with Gasteiger partial charge in [0, 0.05) is 19.0 Å². The van der Waals surface area contributed by atoms with Gasteiger partial charge in [0.05, 0.1) is 15.9 Å². The first-order valence-corrected chi connectivity index (χ1v) is 7.86. The van der Waals surface area contributed by atoms with Crippen LogP contribution in [-0.4, -0.2) is 15.8 Å². The minimum atomic E-state index is 0.250. The Labute approximate surface area is 119 Å². The molecular formula is C14H26BrN3. The van der Waals surface area contributed by atoms with E-state index in [1.807, 2.05) is 6.92 Å². The van der Waals surface area contributed by atoms with Crippen molar-refractivity contribution in [2.75, 3.05) is 0 Å². The summed E-state index contributed by atoms with van der Waals surface area (Å²) in [6, 6.07) is 0.250. The number of aryl methyl sites for hydroxylation is 2. The van der Waals surface area contributed by atoms with E-state index in [0.717, 1.165) is 29.6 Å². The third-order valence-electron chi connectivity index (χ3n) is 3.34. The van der Waals surface area contributed by atoms with Crippen LogP contribution in [0.4, 0.5) is 0 Å². The first-order valence-electron chi connectivity index (χ1n) is 7.07. The van der Waals surface area contributed by atoms with Gasteiger partial charge in [-0.05, 0) is 36.2 Å². The number of rotatable bonds is 8. The Hall–Kier alpha value is -0.350. The average Bonchev–Trinajstić information content (AvgIpc) is 2.62. The summed E-state index contributed by atoms with van der Waals surface area (Å²) in [5.74, 6) is 0. The van der Waals surface area contributed by atoms with E-state index >= 15 is 0 Å². The van der Waals surface area contributed by atoms with Crippen LogP contribution < -0.4 is 5.73 Å². The van der Waals surface area contributed by atoms with Gasteiger partial charge in [0.1, 0.15) is 0 Å². The van der Waals surface area contributed by atoms with Gasteiger partial charge in [-0.25, -0.2) is 0 Å². The summed E-state index contributed by atoms with van der Waals surface area (Å²) < 4.78 is 3.19. The van der Waals surface area contributed by atoms with Crippen molar-refractivity contribution >= 4 is 15.9 Å². The minimum absolute atomic E-state index is 0.250. The Morgan fingerprint density at radius 1 is 1.28 bits per heavy atom. The highest BCUT2D eigenvalue weighted by molar-refractivity contribution is 9.10. The number of halogens is 1. The van der Waals surface area contributed by atoms with Gasteiger partial charge < -0.3 is 5.73 Å². The van der Waals surface area contributed by atoms with E-state index in [0.29, 0.717) is 0 Å². The smallest absolute Gasteiger partial charge is 0.0738 e. The standard InChI is InChI=1S/C14H26BrN3/c1-4-6-7-8-9-12(16)10-13-14(15)11(3)17-18(13)5-2/h12H,4-10,16H2,1-3H3. The lowest BCUT2D eigenvalue weighted by Crippen LogP contribution is -2.24. The molecule has 4 heteroatoms. The number of hydrogen-bond acceptors (Lipinski definition) is 2. The lowest BCUT2D eigenvalue weighted by atomic mass is 10.0. The molecule has 0 spiro atoms. The highest BCUT2D eigenvalue weighted by atomic mass is 79.9. The Morgan fingerprint density at radius 3 is 2.61 bits per heavy atom. The molecule has 0 aliphatic rings. The van der Waals surface area contributed by atoms with Gasteiger partial charge in [-0.2, -0.15) is 5.10 Å². The van der Waals surface area contributed by atoms with Crippen molar-refractivity contribution in [3.63, 3.8) is 0 Å². The fourth-order valence-corrected chi connectivity index (χ4v) is 2.69. The van der Waals surface area contributed by atoms with Crippen molar-refractivity contribution < 1.29 is 0 Å². The molecule has 0 amide bonds. The maximum absolute atomic E-state index is 6.23. The first-order chi connectivity index (χ1) is 8.60. The number of unbranched alkanes of at least 4 members (excludes halogenated alkanes) is 3. The third kappa shape index (κ3) is 4.39. The summed E-state index contributed by atoms with van der Waals surface area (Å²) in [7, 11) is 0. The van der Waals surface area contributed by atoms with Gasteiger partial charge in [-0.1, -0.05) is 32.6 Å². The van der Waals surface area contributed by atoms with Gasteiger partial charge in [0.15, 0.2) is 0 Å². The molecule has 0 fully saturated rings. The maximum atomic E-state index is 6.23. The second-order valence-corrected chi connectivity index (χ2v) is 5.77. The largest absolute Gasteiger partial charge is 0.327 e. The Morgan fingerprint density at radius 2 is 2.00 bits per heavy atom. The summed E-state index contributed by atoms with van der Waals surface area (Å²) in [6.07, 6.45) is 7.18. The molecule has 2 N–H and O–H groups in total. The topological polar surface area (TPSA) is 43.8 Å². The summed E-state index contributed by atoms with van der Waals surface area (Å²) in [6.45, 7) is 7.30. The molecule has 1 atom stereocenters. The van der Waals surface area contributed by atoms with Crippen molar-refractivity contribution in [1.82, 2.24) is 9.78 Å². The fourth-order valence-electron chi connectivity index (χ4n) is 2.25. The number of aromatic nitrogens is 2. The Bertz CT molecular complexity index is 360. The van der Waals surface area contributed by atoms with Crippen molar-refractivity contribution in [2.45, 2.75) is 71.9 Å². The summed E-state index contributed by atoms with van der Waals surface area (Å²) in [5.41, 5.74) is 8.54. The van der Waals surface area contributed by atoms with Crippen molar-refractivity contribution in [1.29, 1.82) is 0 Å². The van der Waals surface area contributed by atoms with Crippen molar-refractivity contribution in [3.05, 3.63) is 15.9 Å².